The molecule has 5 nitrogen and oxygen atoms in total. The van der Waals surface area contributed by atoms with Gasteiger partial charge in [-0.3, -0.25) is 9.59 Å². The van der Waals surface area contributed by atoms with Crippen LogP contribution in [0.25, 0.3) is 0 Å². The second kappa shape index (κ2) is 8.02. The second-order valence-corrected chi connectivity index (χ2v) is 4.17. The molecule has 19 heavy (non-hydrogen) atoms. The van der Waals surface area contributed by atoms with Crippen molar-refractivity contribution in [1.29, 1.82) is 0 Å². The molecule has 0 saturated heterocycles. The third-order valence-corrected chi connectivity index (χ3v) is 2.58. The van der Waals surface area contributed by atoms with Gasteiger partial charge in [-0.1, -0.05) is 37.6 Å². The highest BCUT2D eigenvalue weighted by Crippen LogP contribution is 2.02. The molecule has 0 saturated carbocycles. The SMILES string of the molecule is CCCCNC(=O)C(=O)N/N=C\c1ccccc1C. The molecule has 0 radical (unpaired) electrons. The molecule has 0 atom stereocenters. The van der Waals surface area contributed by atoms with E-state index in [0.29, 0.717) is 6.54 Å². The Kier molecular flexibility index (Phi) is 6.29. The number of nitrogens with one attached hydrogen (secondary N) is 2. The smallest absolute Gasteiger partial charge is 0.329 e. The number of hydrogen-bond acceptors (Lipinski definition) is 3. The molecular formula is C14H19N3O2. The number of nitrogens with zero attached hydrogens (tertiary/aromatic N) is 1. The summed E-state index contributed by atoms with van der Waals surface area (Å²) in [5, 5.41) is 6.28. The summed E-state index contributed by atoms with van der Waals surface area (Å²) in [6.45, 7) is 4.46. The maximum absolute atomic E-state index is 11.4. The van der Waals surface area contributed by atoms with Gasteiger partial charge in [0.1, 0.15) is 0 Å². The lowest BCUT2D eigenvalue weighted by atomic mass is 10.1. The van der Waals surface area contributed by atoms with E-state index < -0.39 is 11.8 Å². The summed E-state index contributed by atoms with van der Waals surface area (Å²) in [5.74, 6) is -1.41. The Morgan fingerprint density at radius 2 is 2.00 bits per heavy atom. The van der Waals surface area contributed by atoms with Crippen molar-refractivity contribution >= 4 is 18.0 Å². The number of benzene rings is 1. The van der Waals surface area contributed by atoms with Gasteiger partial charge in [-0.05, 0) is 24.5 Å². The van der Waals surface area contributed by atoms with Crippen LogP contribution in [-0.2, 0) is 9.59 Å². The Bertz CT molecular complexity index is 470. The van der Waals surface area contributed by atoms with Crippen molar-refractivity contribution in [2.75, 3.05) is 6.54 Å². The molecule has 2 amide bonds. The summed E-state index contributed by atoms with van der Waals surface area (Å²) in [6.07, 6.45) is 3.34. The molecule has 102 valence electrons. The van der Waals surface area contributed by atoms with Crippen molar-refractivity contribution < 1.29 is 9.59 Å². The molecule has 1 aromatic rings. The largest absolute Gasteiger partial charge is 0.348 e. The normalized spacial score (nSPS) is 10.4. The van der Waals surface area contributed by atoms with Crippen LogP contribution in [0.4, 0.5) is 0 Å². The lowest BCUT2D eigenvalue weighted by Crippen LogP contribution is -2.38. The van der Waals surface area contributed by atoms with E-state index >= 15 is 0 Å². The first-order valence-electron chi connectivity index (χ1n) is 6.32. The van der Waals surface area contributed by atoms with E-state index in [1.54, 1.807) is 0 Å². The molecule has 0 heterocycles. The lowest BCUT2D eigenvalue weighted by molar-refractivity contribution is -0.139. The molecule has 0 aromatic heterocycles. The standard InChI is InChI=1S/C14H19N3O2/c1-3-4-9-15-13(18)14(19)17-16-10-12-8-6-5-7-11(12)2/h5-8,10H,3-4,9H2,1-2H3,(H,15,18)(H,17,19)/b16-10-. The molecule has 0 aliphatic carbocycles. The number of unbranched alkanes of at least 4 members (excludes halogenated alkanes) is 1. The highest BCUT2D eigenvalue weighted by atomic mass is 16.2. The predicted octanol–water partition coefficient (Wildman–Crippen LogP) is 1.36. The Morgan fingerprint density at radius 1 is 1.26 bits per heavy atom. The maximum atomic E-state index is 11.4. The molecule has 0 spiro atoms. The second-order valence-electron chi connectivity index (χ2n) is 4.17. The van der Waals surface area contributed by atoms with Crippen LogP contribution in [0.1, 0.15) is 30.9 Å². The number of hydrazone groups is 1. The van der Waals surface area contributed by atoms with Crippen LogP contribution in [0.2, 0.25) is 0 Å². The van der Waals surface area contributed by atoms with Crippen LogP contribution in [0.5, 0.6) is 0 Å². The van der Waals surface area contributed by atoms with E-state index in [1.807, 2.05) is 38.1 Å². The quantitative estimate of drug-likeness (QED) is 0.363. The van der Waals surface area contributed by atoms with Gasteiger partial charge in [0.25, 0.3) is 0 Å². The van der Waals surface area contributed by atoms with Crippen LogP contribution in [0.3, 0.4) is 0 Å². The minimum atomic E-state index is -0.749. The number of carbonyl (C=O) groups is 2. The molecule has 0 unspecified atom stereocenters. The Balaban J connectivity index is 2.41. The van der Waals surface area contributed by atoms with Gasteiger partial charge in [0.05, 0.1) is 6.21 Å². The fourth-order valence-electron chi connectivity index (χ4n) is 1.40. The molecule has 1 aromatic carbocycles. The van der Waals surface area contributed by atoms with Crippen molar-refractivity contribution in [3.05, 3.63) is 35.4 Å². The average Bonchev–Trinajstić information content (AvgIpc) is 2.41. The average molecular weight is 261 g/mol. The Hall–Kier alpha value is -2.17. The minimum Gasteiger partial charge on any atom is -0.348 e. The molecule has 0 aliphatic heterocycles. The van der Waals surface area contributed by atoms with Crippen LogP contribution in [-0.4, -0.2) is 24.6 Å². The van der Waals surface area contributed by atoms with Gasteiger partial charge in [0, 0.05) is 6.54 Å². The van der Waals surface area contributed by atoms with E-state index in [-0.39, 0.29) is 0 Å². The minimum absolute atomic E-state index is 0.504. The predicted molar refractivity (Wildman–Crippen MR) is 74.8 cm³/mol. The van der Waals surface area contributed by atoms with Crippen LogP contribution >= 0.6 is 0 Å². The van der Waals surface area contributed by atoms with Crippen LogP contribution in [0, 0.1) is 6.92 Å². The Labute approximate surface area is 113 Å². The summed E-state index contributed by atoms with van der Waals surface area (Å²) in [4.78, 5) is 22.7. The van der Waals surface area contributed by atoms with Gasteiger partial charge in [0.15, 0.2) is 0 Å². The summed E-state index contributed by atoms with van der Waals surface area (Å²) in [6, 6.07) is 7.63. The molecule has 2 N–H and O–H groups in total. The molecule has 0 bridgehead atoms. The maximum Gasteiger partial charge on any atom is 0.329 e. The van der Waals surface area contributed by atoms with E-state index in [2.05, 4.69) is 15.8 Å². The molecular weight excluding hydrogens is 242 g/mol. The van der Waals surface area contributed by atoms with E-state index in [1.165, 1.54) is 6.21 Å². The van der Waals surface area contributed by atoms with Gasteiger partial charge >= 0.3 is 11.8 Å². The van der Waals surface area contributed by atoms with Crippen LogP contribution in [0.15, 0.2) is 29.4 Å². The van der Waals surface area contributed by atoms with Crippen molar-refractivity contribution in [1.82, 2.24) is 10.7 Å². The van der Waals surface area contributed by atoms with E-state index in [9.17, 15) is 9.59 Å². The van der Waals surface area contributed by atoms with Crippen molar-refractivity contribution in [3.8, 4) is 0 Å². The lowest BCUT2D eigenvalue weighted by Gasteiger charge is -2.02. The first-order chi connectivity index (χ1) is 9.15. The van der Waals surface area contributed by atoms with Crippen LogP contribution < -0.4 is 10.7 Å². The molecule has 0 fully saturated rings. The summed E-state index contributed by atoms with van der Waals surface area (Å²) in [7, 11) is 0. The zero-order chi connectivity index (χ0) is 14.1. The third-order valence-electron chi connectivity index (χ3n) is 2.58. The summed E-state index contributed by atoms with van der Waals surface area (Å²) < 4.78 is 0. The zero-order valence-corrected chi connectivity index (χ0v) is 11.3. The van der Waals surface area contributed by atoms with Crippen molar-refractivity contribution in [2.45, 2.75) is 26.7 Å². The van der Waals surface area contributed by atoms with Gasteiger partial charge in [-0.15, -0.1) is 0 Å². The number of amides is 2. The van der Waals surface area contributed by atoms with Crippen molar-refractivity contribution in [3.63, 3.8) is 0 Å². The molecule has 0 aliphatic rings. The monoisotopic (exact) mass is 261 g/mol. The topological polar surface area (TPSA) is 70.6 Å². The first-order valence-corrected chi connectivity index (χ1v) is 6.32. The van der Waals surface area contributed by atoms with Gasteiger partial charge in [-0.2, -0.15) is 5.10 Å². The highest BCUT2D eigenvalue weighted by molar-refractivity contribution is 6.35. The number of carbonyl (C=O) groups excluding carboxylic acids is 2. The van der Waals surface area contributed by atoms with Crippen molar-refractivity contribution in [2.24, 2.45) is 5.10 Å². The zero-order valence-electron chi connectivity index (χ0n) is 11.3. The summed E-state index contributed by atoms with van der Waals surface area (Å²) in [5.41, 5.74) is 4.15. The number of hydrogen-bond donors (Lipinski definition) is 2. The molecule has 1 rings (SSSR count). The molecule has 5 heteroatoms. The number of aryl methyl sites for hydroxylation is 1. The van der Waals surface area contributed by atoms with E-state index in [4.69, 9.17) is 0 Å². The Morgan fingerprint density at radius 3 is 2.68 bits per heavy atom. The highest BCUT2D eigenvalue weighted by Gasteiger charge is 2.10. The first kappa shape index (κ1) is 14.9. The van der Waals surface area contributed by atoms with Gasteiger partial charge < -0.3 is 5.32 Å². The fraction of sp³-hybridized carbons (Fsp3) is 0.357. The number of rotatable bonds is 5. The van der Waals surface area contributed by atoms with Gasteiger partial charge in [-0.25, -0.2) is 5.43 Å². The summed E-state index contributed by atoms with van der Waals surface area (Å²) >= 11 is 0. The van der Waals surface area contributed by atoms with Gasteiger partial charge in [0.2, 0.25) is 0 Å². The fourth-order valence-corrected chi connectivity index (χ4v) is 1.40. The van der Waals surface area contributed by atoms with E-state index in [0.717, 1.165) is 24.0 Å². The third kappa shape index (κ3) is 5.33.